The molecule has 0 saturated carbocycles. The van der Waals surface area contributed by atoms with Crippen molar-refractivity contribution < 1.29 is 9.21 Å². The van der Waals surface area contributed by atoms with E-state index in [2.05, 4.69) is 15.3 Å². The summed E-state index contributed by atoms with van der Waals surface area (Å²) in [6, 6.07) is 8.95. The molecule has 0 aliphatic heterocycles. The second-order valence-electron chi connectivity index (χ2n) is 5.41. The highest BCUT2D eigenvalue weighted by atomic mass is 35.5. The number of amides is 1. The Balaban J connectivity index is 1.95. The van der Waals surface area contributed by atoms with Crippen LogP contribution in [0, 0.1) is 13.8 Å². The minimum Gasteiger partial charge on any atom is -0.461 e. The van der Waals surface area contributed by atoms with Crippen LogP contribution in [0.1, 0.15) is 21.6 Å². The van der Waals surface area contributed by atoms with Gasteiger partial charge >= 0.3 is 0 Å². The van der Waals surface area contributed by atoms with Crippen LogP contribution < -0.4 is 5.32 Å². The van der Waals surface area contributed by atoms with Gasteiger partial charge in [-0.1, -0.05) is 17.7 Å². The highest BCUT2D eigenvalue weighted by molar-refractivity contribution is 7.98. The Morgan fingerprint density at radius 1 is 1.24 bits per heavy atom. The van der Waals surface area contributed by atoms with E-state index >= 15 is 0 Å². The van der Waals surface area contributed by atoms with Gasteiger partial charge in [0, 0.05) is 10.7 Å². The summed E-state index contributed by atoms with van der Waals surface area (Å²) in [5.74, 6) is 0.755. The molecule has 0 unspecified atom stereocenters. The summed E-state index contributed by atoms with van der Waals surface area (Å²) < 4.78 is 5.34. The van der Waals surface area contributed by atoms with Gasteiger partial charge in [-0.15, -0.1) is 11.8 Å². The topological polar surface area (TPSA) is 68.0 Å². The van der Waals surface area contributed by atoms with Crippen LogP contribution in [-0.2, 0) is 0 Å². The molecule has 1 aromatic carbocycles. The van der Waals surface area contributed by atoms with Crippen molar-refractivity contribution in [2.24, 2.45) is 0 Å². The van der Waals surface area contributed by atoms with Crippen molar-refractivity contribution in [3.8, 4) is 11.6 Å². The van der Waals surface area contributed by atoms with Gasteiger partial charge in [-0.3, -0.25) is 4.79 Å². The fraction of sp³-hybridized carbons (Fsp3) is 0.167. The van der Waals surface area contributed by atoms with E-state index in [4.69, 9.17) is 16.0 Å². The molecule has 5 nitrogen and oxygen atoms in total. The number of aromatic nitrogens is 2. The number of hydrogen-bond acceptors (Lipinski definition) is 5. The molecule has 0 spiro atoms. The molecule has 0 bridgehead atoms. The van der Waals surface area contributed by atoms with Crippen LogP contribution in [0.15, 0.2) is 46.0 Å². The van der Waals surface area contributed by atoms with Crippen LogP contribution in [0.4, 0.5) is 5.69 Å². The van der Waals surface area contributed by atoms with Crippen LogP contribution in [0.2, 0.25) is 5.02 Å². The molecular formula is C18H16ClN3O2S. The maximum absolute atomic E-state index is 12.7. The van der Waals surface area contributed by atoms with Gasteiger partial charge in [0.25, 0.3) is 5.91 Å². The lowest BCUT2D eigenvalue weighted by Gasteiger charge is -2.12. The van der Waals surface area contributed by atoms with Gasteiger partial charge in [-0.05, 0) is 49.9 Å². The maximum atomic E-state index is 12.7. The van der Waals surface area contributed by atoms with Gasteiger partial charge in [-0.25, -0.2) is 9.97 Å². The van der Waals surface area contributed by atoms with Crippen molar-refractivity contribution >= 4 is 35.0 Å². The van der Waals surface area contributed by atoms with Gasteiger partial charge in [0.2, 0.25) is 0 Å². The SMILES string of the molecule is CSc1nc(-c2ccco2)nc(C)c1C(=O)Nc1ccc(C)c(Cl)c1. The third kappa shape index (κ3) is 3.70. The van der Waals surface area contributed by atoms with E-state index in [1.54, 1.807) is 31.4 Å². The average molecular weight is 374 g/mol. The second-order valence-corrected chi connectivity index (χ2v) is 6.61. The van der Waals surface area contributed by atoms with E-state index < -0.39 is 0 Å². The molecular weight excluding hydrogens is 358 g/mol. The zero-order valence-corrected chi connectivity index (χ0v) is 15.5. The molecule has 1 amide bonds. The van der Waals surface area contributed by atoms with E-state index in [9.17, 15) is 4.79 Å². The smallest absolute Gasteiger partial charge is 0.260 e. The summed E-state index contributed by atoms with van der Waals surface area (Å²) in [5, 5.41) is 4.05. The Hall–Kier alpha value is -2.31. The average Bonchev–Trinajstić information content (AvgIpc) is 3.11. The molecule has 128 valence electrons. The Bertz CT molecular complexity index is 926. The number of nitrogens with one attached hydrogen (secondary N) is 1. The summed E-state index contributed by atoms with van der Waals surface area (Å²) in [7, 11) is 0. The first-order valence-electron chi connectivity index (χ1n) is 7.53. The molecule has 0 aliphatic carbocycles. The summed E-state index contributed by atoms with van der Waals surface area (Å²) in [5.41, 5.74) is 2.61. The summed E-state index contributed by atoms with van der Waals surface area (Å²) in [4.78, 5) is 21.6. The predicted molar refractivity (Wildman–Crippen MR) is 100 cm³/mol. The minimum absolute atomic E-state index is 0.271. The second kappa shape index (κ2) is 7.29. The van der Waals surface area contributed by atoms with Crippen LogP contribution >= 0.6 is 23.4 Å². The van der Waals surface area contributed by atoms with Crippen LogP contribution in [0.3, 0.4) is 0 Å². The fourth-order valence-electron chi connectivity index (χ4n) is 2.34. The van der Waals surface area contributed by atoms with Crippen LogP contribution in [0.25, 0.3) is 11.6 Å². The molecule has 0 fully saturated rings. The van der Waals surface area contributed by atoms with Crippen molar-refractivity contribution in [1.29, 1.82) is 0 Å². The zero-order chi connectivity index (χ0) is 18.0. The molecule has 0 aliphatic rings. The van der Waals surface area contributed by atoms with E-state index in [-0.39, 0.29) is 5.91 Å². The zero-order valence-electron chi connectivity index (χ0n) is 14.0. The first-order chi connectivity index (χ1) is 12.0. The lowest BCUT2D eigenvalue weighted by Crippen LogP contribution is -2.17. The Morgan fingerprint density at radius 3 is 2.68 bits per heavy atom. The number of hydrogen-bond donors (Lipinski definition) is 1. The number of furan rings is 1. The van der Waals surface area contributed by atoms with Gasteiger partial charge < -0.3 is 9.73 Å². The quantitative estimate of drug-likeness (QED) is 0.516. The van der Waals surface area contributed by atoms with Crippen molar-refractivity contribution in [2.45, 2.75) is 18.9 Å². The van der Waals surface area contributed by atoms with Gasteiger partial charge in [-0.2, -0.15) is 0 Å². The number of thioether (sulfide) groups is 1. The number of benzene rings is 1. The van der Waals surface area contributed by atoms with Crippen LogP contribution in [0.5, 0.6) is 0 Å². The van der Waals surface area contributed by atoms with Crippen molar-refractivity contribution in [3.63, 3.8) is 0 Å². The van der Waals surface area contributed by atoms with E-state index in [1.807, 2.05) is 25.3 Å². The molecule has 3 aromatic rings. The number of anilines is 1. The standard InChI is InChI=1S/C18H16ClN3O2S/c1-10-6-7-12(9-13(10)19)21-17(23)15-11(2)20-16(22-18(15)25-3)14-5-4-8-24-14/h4-9H,1-3H3,(H,21,23). The number of nitrogens with zero attached hydrogens (tertiary/aromatic N) is 2. The van der Waals surface area contributed by atoms with Crippen molar-refractivity contribution in [3.05, 3.63) is 58.4 Å². The van der Waals surface area contributed by atoms with Crippen molar-refractivity contribution in [1.82, 2.24) is 9.97 Å². The lowest BCUT2D eigenvalue weighted by molar-refractivity contribution is 0.102. The summed E-state index contributed by atoms with van der Waals surface area (Å²) in [6.45, 7) is 3.69. The Kier molecular flexibility index (Phi) is 5.11. The van der Waals surface area contributed by atoms with Gasteiger partial charge in [0.05, 0.1) is 17.5 Å². The molecule has 7 heteroatoms. The summed E-state index contributed by atoms with van der Waals surface area (Å²) in [6.07, 6.45) is 3.43. The normalized spacial score (nSPS) is 10.7. The highest BCUT2D eigenvalue weighted by Gasteiger charge is 2.20. The monoisotopic (exact) mass is 373 g/mol. The van der Waals surface area contributed by atoms with E-state index in [0.717, 1.165) is 5.56 Å². The predicted octanol–water partition coefficient (Wildman–Crippen LogP) is 4.98. The molecule has 2 aromatic heterocycles. The third-order valence-electron chi connectivity index (χ3n) is 3.65. The number of carbonyl (C=O) groups is 1. The van der Waals surface area contributed by atoms with E-state index in [0.29, 0.717) is 38.6 Å². The molecule has 1 N–H and O–H groups in total. The molecule has 25 heavy (non-hydrogen) atoms. The van der Waals surface area contributed by atoms with Crippen molar-refractivity contribution in [2.75, 3.05) is 11.6 Å². The number of rotatable bonds is 4. The molecule has 0 atom stereocenters. The maximum Gasteiger partial charge on any atom is 0.260 e. The molecule has 0 saturated heterocycles. The number of halogens is 1. The molecule has 2 heterocycles. The minimum atomic E-state index is -0.271. The first-order valence-corrected chi connectivity index (χ1v) is 9.14. The summed E-state index contributed by atoms with van der Waals surface area (Å²) >= 11 is 7.51. The van der Waals surface area contributed by atoms with E-state index in [1.165, 1.54) is 11.8 Å². The van der Waals surface area contributed by atoms with Gasteiger partial charge in [0.1, 0.15) is 5.03 Å². The molecule has 0 radical (unpaired) electrons. The first kappa shape index (κ1) is 17.5. The van der Waals surface area contributed by atoms with Gasteiger partial charge in [0.15, 0.2) is 11.6 Å². The Morgan fingerprint density at radius 2 is 2.04 bits per heavy atom. The number of aryl methyl sites for hydroxylation is 2. The number of carbonyl (C=O) groups excluding carboxylic acids is 1. The van der Waals surface area contributed by atoms with Crippen LogP contribution in [-0.4, -0.2) is 22.1 Å². The third-order valence-corrected chi connectivity index (χ3v) is 4.74. The fourth-order valence-corrected chi connectivity index (χ4v) is 3.14. The lowest BCUT2D eigenvalue weighted by atomic mass is 10.2. The molecule has 3 rings (SSSR count). The largest absolute Gasteiger partial charge is 0.461 e. The highest BCUT2D eigenvalue weighted by Crippen LogP contribution is 2.26. The Labute approximate surface area is 154 Å².